The van der Waals surface area contributed by atoms with Crippen LogP contribution in [0.3, 0.4) is 0 Å². The van der Waals surface area contributed by atoms with Crippen LogP contribution in [0, 0.1) is 0 Å². The van der Waals surface area contributed by atoms with Crippen LogP contribution in [-0.4, -0.2) is 64.3 Å². The van der Waals surface area contributed by atoms with E-state index in [1.165, 1.54) is 0 Å². The van der Waals surface area contributed by atoms with Gasteiger partial charge in [-0.25, -0.2) is 14.8 Å². The molecule has 0 bridgehead atoms. The monoisotopic (exact) mass is 486 g/mol. The maximum atomic E-state index is 12.8. The minimum atomic E-state index is -5.08. The summed E-state index contributed by atoms with van der Waals surface area (Å²) in [6.07, 6.45) is -1.61. The molecule has 0 spiro atoms. The van der Waals surface area contributed by atoms with Gasteiger partial charge in [0.25, 0.3) is 5.91 Å². The summed E-state index contributed by atoms with van der Waals surface area (Å²) < 4.78 is 31.7. The van der Waals surface area contributed by atoms with Crippen molar-refractivity contribution in [1.29, 1.82) is 0 Å². The summed E-state index contributed by atoms with van der Waals surface area (Å²) in [6.45, 7) is 3.86. The molecule has 0 saturated carbocycles. The van der Waals surface area contributed by atoms with Crippen LogP contribution in [0.5, 0.6) is 0 Å². The molecule has 1 aliphatic heterocycles. The average Bonchev–Trinajstić information content (AvgIpc) is 3.24. The van der Waals surface area contributed by atoms with Gasteiger partial charge < -0.3 is 25.6 Å². The van der Waals surface area contributed by atoms with E-state index in [2.05, 4.69) is 30.5 Å². The molecule has 4 heterocycles. The highest BCUT2D eigenvalue weighted by atomic mass is 19.4. The summed E-state index contributed by atoms with van der Waals surface area (Å²) >= 11 is 0. The molecule has 5 rings (SSSR count). The number of pyridine rings is 2. The molecular formula is C23H21F3N6O3. The second-order valence-corrected chi connectivity index (χ2v) is 7.65. The first kappa shape index (κ1) is 24.0. The Balaban J connectivity index is 0.000000364. The molecule has 35 heavy (non-hydrogen) atoms. The third-order valence-electron chi connectivity index (χ3n) is 5.36. The number of amides is 1. The zero-order valence-corrected chi connectivity index (χ0v) is 18.3. The van der Waals surface area contributed by atoms with Gasteiger partial charge in [0.05, 0.1) is 17.4 Å². The summed E-state index contributed by atoms with van der Waals surface area (Å²) in [4.78, 5) is 36.0. The van der Waals surface area contributed by atoms with Crippen LogP contribution >= 0.6 is 0 Å². The van der Waals surface area contributed by atoms with E-state index in [4.69, 9.17) is 9.90 Å². The Morgan fingerprint density at radius 3 is 2.37 bits per heavy atom. The van der Waals surface area contributed by atoms with E-state index < -0.39 is 12.1 Å². The predicted molar refractivity (Wildman–Crippen MR) is 125 cm³/mol. The maximum Gasteiger partial charge on any atom is 0.490 e. The molecule has 0 unspecified atom stereocenters. The van der Waals surface area contributed by atoms with Gasteiger partial charge >= 0.3 is 12.1 Å². The number of hydrogen-bond donors (Lipinski definition) is 4. The first-order chi connectivity index (χ1) is 16.7. The first-order valence-electron chi connectivity index (χ1n) is 10.6. The SMILES string of the molecule is O=C(Nc1ccc(N2CCNCC2)cn1)c1nccc2c1[nH]c1ccccc12.O=C(O)C(F)(F)F. The van der Waals surface area contributed by atoms with Crippen molar-refractivity contribution in [3.8, 4) is 0 Å². The van der Waals surface area contributed by atoms with Crippen LogP contribution in [-0.2, 0) is 4.79 Å². The number of hydrogen-bond acceptors (Lipinski definition) is 6. The Kier molecular flexibility index (Phi) is 6.82. The highest BCUT2D eigenvalue weighted by molar-refractivity contribution is 6.16. The van der Waals surface area contributed by atoms with Crippen LogP contribution in [0.15, 0.2) is 54.9 Å². The second-order valence-electron chi connectivity index (χ2n) is 7.65. The van der Waals surface area contributed by atoms with E-state index in [9.17, 15) is 18.0 Å². The number of nitrogens with one attached hydrogen (secondary N) is 3. The fraction of sp³-hybridized carbons (Fsp3) is 0.217. The summed E-state index contributed by atoms with van der Waals surface area (Å²) in [7, 11) is 0. The Labute approximate surface area is 197 Å². The van der Waals surface area contributed by atoms with Gasteiger partial charge in [-0.3, -0.25) is 4.79 Å². The predicted octanol–water partition coefficient (Wildman–Crippen LogP) is 3.41. The number of aromatic amines is 1. The molecule has 12 heteroatoms. The minimum Gasteiger partial charge on any atom is -0.475 e. The van der Waals surface area contributed by atoms with Crippen molar-refractivity contribution in [3.05, 3.63) is 60.6 Å². The van der Waals surface area contributed by atoms with Crippen molar-refractivity contribution >= 4 is 45.2 Å². The Bertz CT molecular complexity index is 1350. The number of anilines is 2. The molecule has 9 nitrogen and oxygen atoms in total. The van der Waals surface area contributed by atoms with Crippen LogP contribution in [0.2, 0.25) is 0 Å². The number of H-pyrrole nitrogens is 1. The van der Waals surface area contributed by atoms with Crippen LogP contribution < -0.4 is 15.5 Å². The van der Waals surface area contributed by atoms with E-state index in [0.717, 1.165) is 53.7 Å². The van der Waals surface area contributed by atoms with Crippen LogP contribution in [0.25, 0.3) is 21.8 Å². The number of aromatic nitrogens is 3. The lowest BCUT2D eigenvalue weighted by Gasteiger charge is -2.29. The molecule has 1 fully saturated rings. The first-order valence-corrected chi connectivity index (χ1v) is 10.6. The van der Waals surface area contributed by atoms with Crippen molar-refractivity contribution in [2.24, 2.45) is 0 Å². The number of carboxylic acid groups (broad SMARTS) is 1. The zero-order valence-electron chi connectivity index (χ0n) is 18.3. The lowest BCUT2D eigenvalue weighted by molar-refractivity contribution is -0.192. The molecule has 4 aromatic rings. The second kappa shape index (κ2) is 9.97. The Morgan fingerprint density at radius 2 is 1.71 bits per heavy atom. The lowest BCUT2D eigenvalue weighted by Crippen LogP contribution is -2.43. The molecule has 0 aliphatic carbocycles. The van der Waals surface area contributed by atoms with Crippen molar-refractivity contribution < 1.29 is 27.9 Å². The summed E-state index contributed by atoms with van der Waals surface area (Å²) in [5.41, 5.74) is 3.15. The quantitative estimate of drug-likeness (QED) is 0.350. The van der Waals surface area contributed by atoms with E-state index >= 15 is 0 Å². The fourth-order valence-electron chi connectivity index (χ4n) is 3.69. The molecule has 0 radical (unpaired) electrons. The summed E-state index contributed by atoms with van der Waals surface area (Å²) in [6, 6.07) is 13.7. The van der Waals surface area contributed by atoms with Crippen molar-refractivity contribution in [1.82, 2.24) is 20.3 Å². The highest BCUT2D eigenvalue weighted by Crippen LogP contribution is 2.27. The van der Waals surface area contributed by atoms with E-state index in [0.29, 0.717) is 11.5 Å². The van der Waals surface area contributed by atoms with Gasteiger partial charge in [-0.15, -0.1) is 0 Å². The molecule has 0 atom stereocenters. The van der Waals surface area contributed by atoms with Gasteiger partial charge in [0, 0.05) is 48.7 Å². The molecule has 1 aliphatic rings. The molecule has 1 saturated heterocycles. The minimum absolute atomic E-state index is 0.278. The smallest absolute Gasteiger partial charge is 0.475 e. The van der Waals surface area contributed by atoms with Crippen molar-refractivity contribution in [3.63, 3.8) is 0 Å². The van der Waals surface area contributed by atoms with Crippen LogP contribution in [0.1, 0.15) is 10.5 Å². The fourth-order valence-corrected chi connectivity index (χ4v) is 3.69. The van der Waals surface area contributed by atoms with Gasteiger partial charge in [0.2, 0.25) is 0 Å². The number of carbonyl (C=O) groups is 2. The molecule has 4 N–H and O–H groups in total. The number of carboxylic acids is 1. The van der Waals surface area contributed by atoms with Crippen LogP contribution in [0.4, 0.5) is 24.7 Å². The third kappa shape index (κ3) is 5.49. The van der Waals surface area contributed by atoms with E-state index in [1.54, 1.807) is 12.4 Å². The van der Waals surface area contributed by atoms with Gasteiger partial charge in [-0.1, -0.05) is 18.2 Å². The maximum absolute atomic E-state index is 12.8. The number of fused-ring (bicyclic) bond motifs is 3. The number of aliphatic carboxylic acids is 1. The lowest BCUT2D eigenvalue weighted by atomic mass is 10.1. The van der Waals surface area contributed by atoms with Gasteiger partial charge in [-0.2, -0.15) is 13.2 Å². The number of piperazine rings is 1. The topological polar surface area (TPSA) is 123 Å². The zero-order chi connectivity index (χ0) is 25.0. The van der Waals surface area contributed by atoms with Gasteiger partial charge in [0.1, 0.15) is 5.82 Å². The molecule has 1 aromatic carbocycles. The molecule has 182 valence electrons. The number of halogens is 3. The number of nitrogens with zero attached hydrogens (tertiary/aromatic N) is 3. The number of rotatable bonds is 3. The highest BCUT2D eigenvalue weighted by Gasteiger charge is 2.38. The normalized spacial score (nSPS) is 13.9. The molecule has 1 amide bonds. The number of para-hydroxylation sites is 1. The summed E-state index contributed by atoms with van der Waals surface area (Å²) in [5.74, 6) is -2.52. The van der Waals surface area contributed by atoms with Gasteiger partial charge in [-0.05, 0) is 24.3 Å². The standard InChI is InChI=1S/C21H20N6O.C2HF3O2/c28-21(26-18-6-5-14(13-24-18)27-11-9-22-10-12-27)20-19-16(7-8-23-20)15-3-1-2-4-17(15)25-19;3-2(4,5)1(6)7/h1-8,13,22,25H,9-12H2,(H,24,26,28);(H,6,7). The number of carbonyl (C=O) groups excluding carboxylic acids is 1. The largest absolute Gasteiger partial charge is 0.490 e. The molecule has 3 aromatic heterocycles. The summed E-state index contributed by atoms with van der Waals surface area (Å²) in [5, 5.41) is 15.4. The van der Waals surface area contributed by atoms with Crippen molar-refractivity contribution in [2.75, 3.05) is 36.4 Å². The number of alkyl halides is 3. The number of benzene rings is 1. The van der Waals surface area contributed by atoms with Gasteiger partial charge in [0.15, 0.2) is 5.69 Å². The Hall–Kier alpha value is -4.19. The molecular weight excluding hydrogens is 465 g/mol. The van der Waals surface area contributed by atoms with E-state index in [1.807, 2.05) is 42.5 Å². The third-order valence-corrected chi connectivity index (χ3v) is 5.36. The average molecular weight is 486 g/mol. The van der Waals surface area contributed by atoms with E-state index in [-0.39, 0.29) is 5.91 Å². The van der Waals surface area contributed by atoms with Crippen molar-refractivity contribution in [2.45, 2.75) is 6.18 Å². The Morgan fingerprint density at radius 1 is 1.00 bits per heavy atom.